The molecule has 0 saturated carbocycles. The Balaban J connectivity index is 1.41. The highest BCUT2D eigenvalue weighted by Gasteiger charge is 2.15. The third-order valence-corrected chi connectivity index (χ3v) is 5.98. The van der Waals surface area contributed by atoms with Gasteiger partial charge in [0.2, 0.25) is 5.95 Å². The van der Waals surface area contributed by atoms with Crippen LogP contribution in [0.3, 0.4) is 0 Å². The molecule has 0 saturated heterocycles. The highest BCUT2D eigenvalue weighted by Crippen LogP contribution is 2.30. The maximum Gasteiger partial charge on any atom is 0.226 e. The van der Waals surface area contributed by atoms with E-state index in [0.29, 0.717) is 58.2 Å². The Labute approximate surface area is 216 Å². The number of nitrogens with zero attached hydrogens (tertiary/aromatic N) is 8. The SMILES string of the molecule is N#Cc1ccc(CCCNc2nc(-c3ccc(Cl)cc3Cl)cc3nc(Cn4cccn4)nn23)nc1N. The number of benzene rings is 1. The number of hydrogen-bond acceptors (Lipinski definition) is 8. The van der Waals surface area contributed by atoms with Gasteiger partial charge in [-0.15, -0.1) is 5.10 Å². The first-order chi connectivity index (χ1) is 17.5. The number of hydrogen-bond donors (Lipinski definition) is 2. The van der Waals surface area contributed by atoms with Crippen molar-refractivity contribution in [3.63, 3.8) is 0 Å². The number of nitrogens with two attached hydrogens (primary N) is 1. The van der Waals surface area contributed by atoms with Crippen LogP contribution in [0.25, 0.3) is 16.9 Å². The molecular formula is C24H20Cl2N10. The highest BCUT2D eigenvalue weighted by atomic mass is 35.5. The zero-order valence-electron chi connectivity index (χ0n) is 18.9. The normalized spacial score (nSPS) is 11.0. The average molecular weight is 519 g/mol. The Morgan fingerprint density at radius 2 is 1.97 bits per heavy atom. The van der Waals surface area contributed by atoms with E-state index in [4.69, 9.17) is 39.2 Å². The molecule has 4 aromatic heterocycles. The van der Waals surface area contributed by atoms with E-state index in [9.17, 15) is 0 Å². The number of anilines is 2. The van der Waals surface area contributed by atoms with Crippen molar-refractivity contribution in [2.75, 3.05) is 17.6 Å². The van der Waals surface area contributed by atoms with Gasteiger partial charge in [-0.3, -0.25) is 4.68 Å². The molecule has 0 aliphatic carbocycles. The summed E-state index contributed by atoms with van der Waals surface area (Å²) in [5.41, 5.74) is 9.02. The Bertz CT molecular complexity index is 1570. The van der Waals surface area contributed by atoms with Crippen LogP contribution in [0, 0.1) is 11.3 Å². The van der Waals surface area contributed by atoms with E-state index in [1.165, 1.54) is 0 Å². The third kappa shape index (κ3) is 5.07. The van der Waals surface area contributed by atoms with Crippen LogP contribution >= 0.6 is 23.2 Å². The van der Waals surface area contributed by atoms with Crippen molar-refractivity contribution < 1.29 is 0 Å². The molecule has 0 radical (unpaired) electrons. The molecule has 5 rings (SSSR count). The molecule has 0 unspecified atom stereocenters. The molecule has 0 amide bonds. The van der Waals surface area contributed by atoms with Gasteiger partial charge in [-0.1, -0.05) is 23.2 Å². The Kier molecular flexibility index (Phi) is 6.66. The molecule has 180 valence electrons. The van der Waals surface area contributed by atoms with Crippen molar-refractivity contribution >= 4 is 40.6 Å². The molecule has 0 spiro atoms. The maximum atomic E-state index is 9.02. The van der Waals surface area contributed by atoms with E-state index in [1.807, 2.05) is 36.5 Å². The van der Waals surface area contributed by atoms with Gasteiger partial charge in [-0.2, -0.15) is 14.9 Å². The molecule has 5 aromatic rings. The molecule has 0 aliphatic heterocycles. The second-order valence-corrected chi connectivity index (χ2v) is 8.81. The Morgan fingerprint density at radius 1 is 1.08 bits per heavy atom. The third-order valence-electron chi connectivity index (χ3n) is 5.43. The standard InChI is InChI=1S/C24H20Cl2N10/c25-16-5-7-18(19(26)11-16)20-12-22-33-21(14-35-10-2-9-30-35)34-36(22)24(32-20)29-8-1-3-17-6-4-15(13-27)23(28)31-17/h2,4-7,9-12H,1,3,8,14H2,(H2,28,31)(H,29,32). The predicted molar refractivity (Wildman–Crippen MR) is 138 cm³/mol. The molecule has 3 N–H and O–H groups in total. The quantitative estimate of drug-likeness (QED) is 0.291. The van der Waals surface area contributed by atoms with Gasteiger partial charge in [0.05, 0.1) is 16.3 Å². The van der Waals surface area contributed by atoms with Crippen molar-refractivity contribution in [3.05, 3.63) is 82.0 Å². The molecular weight excluding hydrogens is 499 g/mol. The topological polar surface area (TPSA) is 136 Å². The largest absolute Gasteiger partial charge is 0.383 e. The molecule has 4 heterocycles. The second kappa shape index (κ2) is 10.2. The molecule has 36 heavy (non-hydrogen) atoms. The summed E-state index contributed by atoms with van der Waals surface area (Å²) in [5.74, 6) is 1.37. The fraction of sp³-hybridized carbons (Fsp3) is 0.167. The van der Waals surface area contributed by atoms with Crippen LogP contribution in [0.1, 0.15) is 23.5 Å². The van der Waals surface area contributed by atoms with Gasteiger partial charge in [0.15, 0.2) is 11.5 Å². The summed E-state index contributed by atoms with van der Waals surface area (Å²) in [6.45, 7) is 1.02. The van der Waals surface area contributed by atoms with Crippen LogP contribution < -0.4 is 11.1 Å². The van der Waals surface area contributed by atoms with Crippen LogP contribution in [0.5, 0.6) is 0 Å². The number of pyridine rings is 1. The lowest BCUT2D eigenvalue weighted by atomic mass is 10.1. The van der Waals surface area contributed by atoms with E-state index in [1.54, 1.807) is 33.6 Å². The molecule has 0 atom stereocenters. The van der Waals surface area contributed by atoms with Crippen LogP contribution in [-0.2, 0) is 13.0 Å². The lowest BCUT2D eigenvalue weighted by molar-refractivity contribution is 0.653. The van der Waals surface area contributed by atoms with Crippen molar-refractivity contribution in [2.24, 2.45) is 0 Å². The predicted octanol–water partition coefficient (Wildman–Crippen LogP) is 4.24. The summed E-state index contributed by atoms with van der Waals surface area (Å²) in [7, 11) is 0. The average Bonchev–Trinajstić information content (AvgIpc) is 3.51. The molecule has 12 heteroatoms. The van der Waals surface area contributed by atoms with Gasteiger partial charge in [0.1, 0.15) is 18.4 Å². The molecule has 1 aromatic carbocycles. The van der Waals surface area contributed by atoms with Crippen molar-refractivity contribution in [2.45, 2.75) is 19.4 Å². The number of nitrogen functional groups attached to an aromatic ring is 1. The van der Waals surface area contributed by atoms with E-state index < -0.39 is 0 Å². The minimum absolute atomic E-state index is 0.242. The molecule has 0 aliphatic rings. The number of fused-ring (bicyclic) bond motifs is 1. The number of aromatic nitrogens is 7. The second-order valence-electron chi connectivity index (χ2n) is 7.97. The lowest BCUT2D eigenvalue weighted by Crippen LogP contribution is -2.11. The van der Waals surface area contributed by atoms with Gasteiger partial charge < -0.3 is 11.1 Å². The van der Waals surface area contributed by atoms with E-state index in [0.717, 1.165) is 17.7 Å². The van der Waals surface area contributed by atoms with Crippen molar-refractivity contribution in [1.82, 2.24) is 34.3 Å². The van der Waals surface area contributed by atoms with Crippen LogP contribution in [0.2, 0.25) is 10.0 Å². The zero-order chi connectivity index (χ0) is 25.1. The number of rotatable bonds is 8. The van der Waals surface area contributed by atoms with Crippen LogP contribution in [-0.4, -0.2) is 40.9 Å². The number of nitrogens with one attached hydrogen (secondary N) is 1. The Hall–Kier alpha value is -4.20. The Morgan fingerprint density at radius 3 is 2.72 bits per heavy atom. The number of aryl methyl sites for hydroxylation is 1. The zero-order valence-corrected chi connectivity index (χ0v) is 20.4. The minimum Gasteiger partial charge on any atom is -0.383 e. The van der Waals surface area contributed by atoms with Gasteiger partial charge in [0.25, 0.3) is 0 Å². The van der Waals surface area contributed by atoms with E-state index in [2.05, 4.69) is 25.5 Å². The van der Waals surface area contributed by atoms with E-state index >= 15 is 0 Å². The highest BCUT2D eigenvalue weighted by molar-refractivity contribution is 6.36. The summed E-state index contributed by atoms with van der Waals surface area (Å²) >= 11 is 12.5. The maximum absolute atomic E-state index is 9.02. The summed E-state index contributed by atoms with van der Waals surface area (Å²) < 4.78 is 3.42. The van der Waals surface area contributed by atoms with Gasteiger partial charge in [-0.25, -0.2) is 15.0 Å². The van der Waals surface area contributed by atoms with Gasteiger partial charge in [0, 0.05) is 41.3 Å². The van der Waals surface area contributed by atoms with Crippen molar-refractivity contribution in [1.29, 1.82) is 5.26 Å². The first-order valence-electron chi connectivity index (χ1n) is 11.1. The summed E-state index contributed by atoms with van der Waals surface area (Å²) in [4.78, 5) is 13.8. The van der Waals surface area contributed by atoms with Crippen LogP contribution in [0.15, 0.2) is 54.9 Å². The number of nitriles is 1. The summed E-state index contributed by atoms with van der Waals surface area (Å²) in [5, 5.41) is 22.3. The first-order valence-corrected chi connectivity index (χ1v) is 11.8. The fourth-order valence-electron chi connectivity index (χ4n) is 3.71. The lowest BCUT2D eigenvalue weighted by Gasteiger charge is -2.11. The first kappa shape index (κ1) is 23.5. The summed E-state index contributed by atoms with van der Waals surface area (Å²) in [6, 6.07) is 14.5. The van der Waals surface area contributed by atoms with Gasteiger partial charge >= 0.3 is 0 Å². The van der Waals surface area contributed by atoms with E-state index in [-0.39, 0.29) is 5.82 Å². The fourth-order valence-corrected chi connectivity index (χ4v) is 4.22. The number of halogens is 2. The summed E-state index contributed by atoms with van der Waals surface area (Å²) in [6.07, 6.45) is 4.99. The monoisotopic (exact) mass is 518 g/mol. The van der Waals surface area contributed by atoms with Gasteiger partial charge in [-0.05, 0) is 49.2 Å². The van der Waals surface area contributed by atoms with Crippen molar-refractivity contribution in [3.8, 4) is 17.3 Å². The molecule has 0 fully saturated rings. The minimum atomic E-state index is 0.242. The smallest absolute Gasteiger partial charge is 0.226 e. The van der Waals surface area contributed by atoms with Crippen LogP contribution in [0.4, 0.5) is 11.8 Å². The molecule has 0 bridgehead atoms. The molecule has 10 nitrogen and oxygen atoms in total.